The molecule has 0 radical (unpaired) electrons. The van der Waals surface area contributed by atoms with E-state index in [4.69, 9.17) is 4.42 Å². The first-order valence-corrected chi connectivity index (χ1v) is 9.50. The summed E-state index contributed by atoms with van der Waals surface area (Å²) in [6, 6.07) is 21.2. The van der Waals surface area contributed by atoms with Gasteiger partial charge in [0.15, 0.2) is 0 Å². The monoisotopic (exact) mass is 396 g/mol. The summed E-state index contributed by atoms with van der Waals surface area (Å²) in [7, 11) is 0. The van der Waals surface area contributed by atoms with Crippen LogP contribution in [0.5, 0.6) is 0 Å². The number of anilines is 1. The number of para-hydroxylation sites is 1. The van der Waals surface area contributed by atoms with Crippen LogP contribution in [-0.2, 0) is 6.54 Å². The molecule has 1 aromatic heterocycles. The van der Waals surface area contributed by atoms with Gasteiger partial charge in [0.2, 0.25) is 0 Å². The fraction of sp³-hybridized carbons (Fsp3) is 0.238. The standard InChI is InChI=1S/C21H21BrN2O/c22-16-9-7-15(8-10-16)21-12-11-17(25-21)14-24-20-6-3-13-23-19-5-2-1-4-18(19)20/h1-2,4-5,7-12,20,23-24H,3,6,13-14H2. The number of benzene rings is 2. The Hall–Kier alpha value is -2.04. The van der Waals surface area contributed by atoms with E-state index in [0.29, 0.717) is 6.04 Å². The molecule has 0 fully saturated rings. The van der Waals surface area contributed by atoms with Crippen molar-refractivity contribution >= 4 is 21.6 Å². The first-order chi connectivity index (χ1) is 12.3. The van der Waals surface area contributed by atoms with Crippen LogP contribution in [0, 0.1) is 0 Å². The number of halogens is 1. The van der Waals surface area contributed by atoms with Crippen molar-refractivity contribution in [3.63, 3.8) is 0 Å². The maximum atomic E-state index is 6.03. The van der Waals surface area contributed by atoms with Crippen LogP contribution in [0.2, 0.25) is 0 Å². The molecule has 2 N–H and O–H groups in total. The van der Waals surface area contributed by atoms with Crippen LogP contribution >= 0.6 is 15.9 Å². The summed E-state index contributed by atoms with van der Waals surface area (Å²) in [6.07, 6.45) is 2.29. The van der Waals surface area contributed by atoms with E-state index in [1.807, 2.05) is 18.2 Å². The van der Waals surface area contributed by atoms with Crippen molar-refractivity contribution in [3.8, 4) is 11.3 Å². The second kappa shape index (κ2) is 7.46. The molecule has 1 unspecified atom stereocenters. The van der Waals surface area contributed by atoms with Crippen molar-refractivity contribution in [1.29, 1.82) is 0 Å². The molecule has 0 saturated carbocycles. The van der Waals surface area contributed by atoms with Crippen LogP contribution in [0.4, 0.5) is 5.69 Å². The van der Waals surface area contributed by atoms with Crippen molar-refractivity contribution in [2.45, 2.75) is 25.4 Å². The molecular weight excluding hydrogens is 376 g/mol. The van der Waals surface area contributed by atoms with Gasteiger partial charge in [0, 0.05) is 28.3 Å². The summed E-state index contributed by atoms with van der Waals surface area (Å²) in [5.74, 6) is 1.87. The molecular formula is C21H21BrN2O. The van der Waals surface area contributed by atoms with Gasteiger partial charge >= 0.3 is 0 Å². The van der Waals surface area contributed by atoms with Gasteiger partial charge in [-0.15, -0.1) is 0 Å². The average Bonchev–Trinajstić information content (AvgIpc) is 3.01. The third-order valence-corrected chi connectivity index (χ3v) is 5.16. The molecule has 0 bridgehead atoms. The summed E-state index contributed by atoms with van der Waals surface area (Å²) in [5, 5.41) is 7.18. The Morgan fingerprint density at radius 1 is 1.04 bits per heavy atom. The van der Waals surface area contributed by atoms with Gasteiger partial charge in [0.05, 0.1) is 6.54 Å². The number of nitrogens with one attached hydrogen (secondary N) is 2. The maximum Gasteiger partial charge on any atom is 0.134 e. The van der Waals surface area contributed by atoms with Gasteiger partial charge in [-0.2, -0.15) is 0 Å². The van der Waals surface area contributed by atoms with E-state index in [2.05, 4.69) is 69.0 Å². The number of hydrogen-bond donors (Lipinski definition) is 2. The number of furan rings is 1. The van der Waals surface area contributed by atoms with Crippen molar-refractivity contribution in [2.75, 3.05) is 11.9 Å². The maximum absolute atomic E-state index is 6.03. The zero-order valence-corrected chi connectivity index (χ0v) is 15.6. The van der Waals surface area contributed by atoms with Crippen LogP contribution in [0.3, 0.4) is 0 Å². The van der Waals surface area contributed by atoms with Gasteiger partial charge in [-0.25, -0.2) is 0 Å². The zero-order chi connectivity index (χ0) is 17.1. The Morgan fingerprint density at radius 3 is 2.76 bits per heavy atom. The largest absolute Gasteiger partial charge is 0.460 e. The molecule has 0 amide bonds. The Morgan fingerprint density at radius 2 is 1.88 bits per heavy atom. The number of fused-ring (bicyclic) bond motifs is 1. The van der Waals surface area contributed by atoms with E-state index in [1.165, 1.54) is 11.3 Å². The summed E-state index contributed by atoms with van der Waals surface area (Å²) >= 11 is 3.47. The van der Waals surface area contributed by atoms with Gasteiger partial charge in [0.25, 0.3) is 0 Å². The quantitative estimate of drug-likeness (QED) is 0.589. The first-order valence-electron chi connectivity index (χ1n) is 8.70. The van der Waals surface area contributed by atoms with E-state index in [0.717, 1.165) is 47.5 Å². The second-order valence-corrected chi connectivity index (χ2v) is 7.28. The van der Waals surface area contributed by atoms with Gasteiger partial charge < -0.3 is 15.1 Å². The van der Waals surface area contributed by atoms with Gasteiger partial charge in [-0.3, -0.25) is 0 Å². The van der Waals surface area contributed by atoms with Crippen molar-refractivity contribution < 1.29 is 4.42 Å². The highest BCUT2D eigenvalue weighted by Crippen LogP contribution is 2.30. The Bertz CT molecular complexity index is 841. The summed E-state index contributed by atoms with van der Waals surface area (Å²) < 4.78 is 7.10. The van der Waals surface area contributed by atoms with Crippen LogP contribution in [0.15, 0.2) is 69.6 Å². The molecule has 4 heteroatoms. The highest BCUT2D eigenvalue weighted by atomic mass is 79.9. The van der Waals surface area contributed by atoms with E-state index < -0.39 is 0 Å². The Balaban J connectivity index is 1.46. The van der Waals surface area contributed by atoms with Crippen LogP contribution in [-0.4, -0.2) is 6.54 Å². The van der Waals surface area contributed by atoms with Gasteiger partial charge in [-0.05, 0) is 48.7 Å². The fourth-order valence-electron chi connectivity index (χ4n) is 3.32. The minimum Gasteiger partial charge on any atom is -0.460 e. The fourth-order valence-corrected chi connectivity index (χ4v) is 3.59. The molecule has 0 spiro atoms. The number of rotatable bonds is 4. The van der Waals surface area contributed by atoms with Crippen molar-refractivity contribution in [2.24, 2.45) is 0 Å². The van der Waals surface area contributed by atoms with E-state index in [9.17, 15) is 0 Å². The molecule has 2 heterocycles. The Labute approximate surface area is 156 Å². The lowest BCUT2D eigenvalue weighted by molar-refractivity contribution is 0.441. The SMILES string of the molecule is Brc1ccc(-c2ccc(CNC3CCCNc4ccccc43)o2)cc1. The van der Waals surface area contributed by atoms with Crippen molar-refractivity contribution in [3.05, 3.63) is 76.5 Å². The minimum atomic E-state index is 0.354. The van der Waals surface area contributed by atoms with Gasteiger partial charge in [0.1, 0.15) is 11.5 Å². The second-order valence-electron chi connectivity index (χ2n) is 6.36. The third-order valence-electron chi connectivity index (χ3n) is 4.63. The lowest BCUT2D eigenvalue weighted by Gasteiger charge is -2.18. The predicted molar refractivity (Wildman–Crippen MR) is 106 cm³/mol. The van der Waals surface area contributed by atoms with E-state index in [1.54, 1.807) is 0 Å². The normalized spacial score (nSPS) is 16.8. The molecule has 3 aromatic rings. The molecule has 2 aromatic carbocycles. The summed E-state index contributed by atoms with van der Waals surface area (Å²) in [5.41, 5.74) is 3.69. The number of hydrogen-bond acceptors (Lipinski definition) is 3. The van der Waals surface area contributed by atoms with Crippen LogP contribution < -0.4 is 10.6 Å². The molecule has 1 aliphatic rings. The lowest BCUT2D eigenvalue weighted by Crippen LogP contribution is -2.20. The Kier molecular flexibility index (Phi) is 4.90. The highest BCUT2D eigenvalue weighted by molar-refractivity contribution is 9.10. The molecule has 25 heavy (non-hydrogen) atoms. The van der Waals surface area contributed by atoms with E-state index in [-0.39, 0.29) is 0 Å². The average molecular weight is 397 g/mol. The molecule has 0 aliphatic carbocycles. The molecule has 1 aliphatic heterocycles. The smallest absolute Gasteiger partial charge is 0.134 e. The lowest BCUT2D eigenvalue weighted by atomic mass is 10.0. The molecule has 3 nitrogen and oxygen atoms in total. The topological polar surface area (TPSA) is 37.2 Å². The van der Waals surface area contributed by atoms with Crippen LogP contribution in [0.25, 0.3) is 11.3 Å². The molecule has 4 rings (SSSR count). The molecule has 128 valence electrons. The minimum absolute atomic E-state index is 0.354. The van der Waals surface area contributed by atoms with Crippen LogP contribution in [0.1, 0.15) is 30.2 Å². The van der Waals surface area contributed by atoms with Crippen molar-refractivity contribution in [1.82, 2.24) is 5.32 Å². The zero-order valence-electron chi connectivity index (χ0n) is 14.0. The van der Waals surface area contributed by atoms with Gasteiger partial charge in [-0.1, -0.05) is 46.3 Å². The molecule has 0 saturated heterocycles. The first kappa shape index (κ1) is 16.4. The molecule has 1 atom stereocenters. The summed E-state index contributed by atoms with van der Waals surface area (Å²) in [6.45, 7) is 1.76. The highest BCUT2D eigenvalue weighted by Gasteiger charge is 2.18. The third kappa shape index (κ3) is 3.80. The van der Waals surface area contributed by atoms with E-state index >= 15 is 0 Å². The predicted octanol–water partition coefficient (Wildman–Crippen LogP) is 5.75. The summed E-state index contributed by atoms with van der Waals surface area (Å²) in [4.78, 5) is 0.